The smallest absolute Gasteiger partial charge is 0.0541 e. The van der Waals surface area contributed by atoms with Crippen molar-refractivity contribution >= 4 is 23.4 Å². The van der Waals surface area contributed by atoms with Gasteiger partial charge in [-0.2, -0.15) is 0 Å². The van der Waals surface area contributed by atoms with E-state index in [1.165, 1.54) is 4.90 Å². The molecule has 0 atom stereocenters. The number of benzene rings is 1. The van der Waals surface area contributed by atoms with E-state index in [1.807, 2.05) is 30.0 Å². The van der Waals surface area contributed by atoms with Gasteiger partial charge in [-0.05, 0) is 25.2 Å². The number of rotatable bonds is 9. The highest BCUT2D eigenvalue weighted by molar-refractivity contribution is 7.99. The third-order valence-electron chi connectivity index (χ3n) is 2.87. The Labute approximate surface area is 120 Å². The number of nitrogens with zero attached hydrogens (tertiary/aromatic N) is 1. The molecule has 0 spiro atoms. The van der Waals surface area contributed by atoms with E-state index in [2.05, 4.69) is 30.1 Å². The number of halogens is 1. The number of likely N-dealkylation sites (N-methyl/N-ethyl adjacent to an activating group) is 1. The monoisotopic (exact) mass is 286 g/mol. The first-order valence-electron chi connectivity index (χ1n) is 6.58. The molecule has 18 heavy (non-hydrogen) atoms. The molecule has 0 unspecified atom stereocenters. The summed E-state index contributed by atoms with van der Waals surface area (Å²) in [7, 11) is 0. The summed E-state index contributed by atoms with van der Waals surface area (Å²) in [6.45, 7) is 9.89. The third kappa shape index (κ3) is 6.10. The van der Waals surface area contributed by atoms with Gasteiger partial charge in [-0.15, -0.1) is 11.8 Å². The molecule has 1 aromatic rings. The summed E-state index contributed by atoms with van der Waals surface area (Å²) in [6.07, 6.45) is 0. The largest absolute Gasteiger partial charge is 0.315 e. The maximum atomic E-state index is 6.10. The zero-order chi connectivity index (χ0) is 13.2. The van der Waals surface area contributed by atoms with E-state index in [0.717, 1.165) is 43.5 Å². The van der Waals surface area contributed by atoms with E-state index in [4.69, 9.17) is 11.6 Å². The molecule has 0 radical (unpaired) electrons. The molecule has 1 aromatic carbocycles. The molecular formula is C14H23ClN2S. The Morgan fingerprint density at radius 3 is 2.56 bits per heavy atom. The first-order valence-corrected chi connectivity index (χ1v) is 7.94. The minimum Gasteiger partial charge on any atom is -0.315 e. The van der Waals surface area contributed by atoms with E-state index in [1.54, 1.807) is 0 Å². The van der Waals surface area contributed by atoms with Crippen LogP contribution >= 0.6 is 23.4 Å². The molecule has 0 heterocycles. The van der Waals surface area contributed by atoms with Crippen LogP contribution in [0.2, 0.25) is 5.02 Å². The summed E-state index contributed by atoms with van der Waals surface area (Å²) in [6, 6.07) is 8.01. The van der Waals surface area contributed by atoms with E-state index < -0.39 is 0 Å². The van der Waals surface area contributed by atoms with Gasteiger partial charge in [-0.25, -0.2) is 0 Å². The lowest BCUT2D eigenvalue weighted by Crippen LogP contribution is -2.32. The van der Waals surface area contributed by atoms with Crippen molar-refractivity contribution in [2.24, 2.45) is 0 Å². The van der Waals surface area contributed by atoms with Crippen molar-refractivity contribution in [3.63, 3.8) is 0 Å². The van der Waals surface area contributed by atoms with Gasteiger partial charge >= 0.3 is 0 Å². The predicted molar refractivity (Wildman–Crippen MR) is 82.8 cm³/mol. The Kier molecular flexibility index (Phi) is 8.51. The van der Waals surface area contributed by atoms with E-state index in [9.17, 15) is 0 Å². The number of thioether (sulfide) groups is 1. The standard InChI is InChI=1S/C14H23ClN2S/c1-3-17(4-2)11-9-16-10-12-18-14-8-6-5-7-13(14)15/h5-8,16H,3-4,9-12H2,1-2H3. The molecule has 0 saturated carbocycles. The van der Waals surface area contributed by atoms with E-state index in [-0.39, 0.29) is 0 Å². The van der Waals surface area contributed by atoms with Crippen LogP contribution in [0.15, 0.2) is 29.2 Å². The van der Waals surface area contributed by atoms with Gasteiger partial charge in [0.25, 0.3) is 0 Å². The van der Waals surface area contributed by atoms with Crippen molar-refractivity contribution < 1.29 is 0 Å². The minimum atomic E-state index is 0.852. The normalized spacial score (nSPS) is 11.1. The fourth-order valence-corrected chi connectivity index (χ4v) is 2.84. The van der Waals surface area contributed by atoms with Crippen LogP contribution < -0.4 is 5.32 Å². The van der Waals surface area contributed by atoms with Crippen molar-refractivity contribution in [2.75, 3.05) is 38.5 Å². The van der Waals surface area contributed by atoms with Crippen LogP contribution in [0.4, 0.5) is 0 Å². The number of nitrogens with one attached hydrogen (secondary N) is 1. The molecule has 2 nitrogen and oxygen atoms in total. The fraction of sp³-hybridized carbons (Fsp3) is 0.571. The summed E-state index contributed by atoms with van der Waals surface area (Å²) < 4.78 is 0. The SMILES string of the molecule is CCN(CC)CCNCCSc1ccccc1Cl. The molecule has 0 aliphatic rings. The van der Waals surface area contributed by atoms with Crippen molar-refractivity contribution in [1.82, 2.24) is 10.2 Å². The first-order chi connectivity index (χ1) is 8.77. The minimum absolute atomic E-state index is 0.852. The zero-order valence-corrected chi connectivity index (χ0v) is 12.9. The Hall–Kier alpha value is -0.220. The second-order valence-corrected chi connectivity index (χ2v) is 5.60. The summed E-state index contributed by atoms with van der Waals surface area (Å²) >= 11 is 7.90. The van der Waals surface area contributed by atoms with Gasteiger partial charge in [0.2, 0.25) is 0 Å². The van der Waals surface area contributed by atoms with E-state index >= 15 is 0 Å². The highest BCUT2D eigenvalue weighted by Crippen LogP contribution is 2.25. The molecule has 0 amide bonds. The average Bonchev–Trinajstić information content (AvgIpc) is 2.40. The van der Waals surface area contributed by atoms with Crippen molar-refractivity contribution in [3.8, 4) is 0 Å². The summed E-state index contributed by atoms with van der Waals surface area (Å²) in [5.41, 5.74) is 0. The van der Waals surface area contributed by atoms with Crippen molar-refractivity contribution in [2.45, 2.75) is 18.7 Å². The van der Waals surface area contributed by atoms with Gasteiger partial charge in [-0.1, -0.05) is 37.6 Å². The van der Waals surface area contributed by atoms with Crippen LogP contribution in [0, 0.1) is 0 Å². The van der Waals surface area contributed by atoms with Crippen LogP contribution in [-0.2, 0) is 0 Å². The van der Waals surface area contributed by atoms with Crippen LogP contribution in [0.5, 0.6) is 0 Å². The molecule has 0 aliphatic heterocycles. The molecule has 0 aromatic heterocycles. The van der Waals surface area contributed by atoms with Crippen LogP contribution in [0.1, 0.15) is 13.8 Å². The fourth-order valence-electron chi connectivity index (χ4n) is 1.70. The summed E-state index contributed by atoms with van der Waals surface area (Å²) in [5.74, 6) is 1.06. The first kappa shape index (κ1) is 15.8. The van der Waals surface area contributed by atoms with Crippen molar-refractivity contribution in [3.05, 3.63) is 29.3 Å². The van der Waals surface area contributed by atoms with Crippen molar-refractivity contribution in [1.29, 1.82) is 0 Å². The van der Waals surface area contributed by atoms with Crippen LogP contribution in [0.3, 0.4) is 0 Å². The highest BCUT2D eigenvalue weighted by Gasteiger charge is 2.00. The Balaban J connectivity index is 2.07. The Morgan fingerprint density at radius 2 is 1.89 bits per heavy atom. The van der Waals surface area contributed by atoms with Gasteiger partial charge in [0, 0.05) is 30.3 Å². The summed E-state index contributed by atoms with van der Waals surface area (Å²) in [5, 5.41) is 4.32. The third-order valence-corrected chi connectivity index (χ3v) is 4.39. The molecular weight excluding hydrogens is 264 g/mol. The molecule has 0 bridgehead atoms. The molecule has 4 heteroatoms. The molecule has 102 valence electrons. The number of hydrogen-bond donors (Lipinski definition) is 1. The predicted octanol–water partition coefficient (Wildman–Crippen LogP) is 3.36. The molecule has 0 saturated heterocycles. The second-order valence-electron chi connectivity index (χ2n) is 4.06. The molecule has 0 fully saturated rings. The molecule has 1 N–H and O–H groups in total. The molecule has 1 rings (SSSR count). The number of hydrogen-bond acceptors (Lipinski definition) is 3. The highest BCUT2D eigenvalue weighted by atomic mass is 35.5. The quantitative estimate of drug-likeness (QED) is 0.553. The maximum absolute atomic E-state index is 6.10. The lowest BCUT2D eigenvalue weighted by molar-refractivity contribution is 0.303. The Bertz CT molecular complexity index is 329. The van der Waals surface area contributed by atoms with Gasteiger partial charge in [-0.3, -0.25) is 0 Å². The van der Waals surface area contributed by atoms with Gasteiger partial charge in [0.1, 0.15) is 0 Å². The van der Waals surface area contributed by atoms with Crippen LogP contribution in [-0.4, -0.2) is 43.4 Å². The summed E-state index contributed by atoms with van der Waals surface area (Å²) in [4.78, 5) is 3.60. The lowest BCUT2D eigenvalue weighted by atomic mass is 10.4. The van der Waals surface area contributed by atoms with Gasteiger partial charge in [0.05, 0.1) is 5.02 Å². The van der Waals surface area contributed by atoms with Crippen LogP contribution in [0.25, 0.3) is 0 Å². The Morgan fingerprint density at radius 1 is 1.17 bits per heavy atom. The van der Waals surface area contributed by atoms with Gasteiger partial charge < -0.3 is 10.2 Å². The topological polar surface area (TPSA) is 15.3 Å². The zero-order valence-electron chi connectivity index (χ0n) is 11.3. The average molecular weight is 287 g/mol. The maximum Gasteiger partial charge on any atom is 0.0541 e. The lowest BCUT2D eigenvalue weighted by Gasteiger charge is -2.17. The second kappa shape index (κ2) is 9.68. The van der Waals surface area contributed by atoms with E-state index in [0.29, 0.717) is 0 Å². The van der Waals surface area contributed by atoms with Gasteiger partial charge in [0.15, 0.2) is 0 Å². The molecule has 0 aliphatic carbocycles.